The molecule has 1 heterocycles. The van der Waals surface area contributed by atoms with Crippen molar-refractivity contribution in [1.82, 2.24) is 10.2 Å². The minimum Gasteiger partial charge on any atom is -0.389 e. The summed E-state index contributed by atoms with van der Waals surface area (Å²) < 4.78 is 5.40. The molecular weight excluding hydrogens is 304 g/mol. The van der Waals surface area contributed by atoms with Gasteiger partial charge in [-0.25, -0.2) is 0 Å². The molecule has 5 heteroatoms. The molecular formula is C19H28N2O3. The molecule has 1 amide bonds. The standard InChI is InChI=1S/C19H28N2O3/c22-18(13-19(23)7-3-4-8-19)20-14-16-5-1-2-6-17(16)15-21-9-11-24-12-10-21/h1-2,5-6,23H,3-4,7-15H2,(H,20,22). The molecule has 1 saturated heterocycles. The predicted molar refractivity (Wildman–Crippen MR) is 92.4 cm³/mol. The summed E-state index contributed by atoms with van der Waals surface area (Å²) in [6, 6.07) is 8.25. The molecule has 2 N–H and O–H groups in total. The highest BCUT2D eigenvalue weighted by Crippen LogP contribution is 2.32. The summed E-state index contributed by atoms with van der Waals surface area (Å²) in [6.45, 7) is 4.89. The topological polar surface area (TPSA) is 61.8 Å². The normalized spacial score (nSPS) is 20.9. The third kappa shape index (κ3) is 4.79. The van der Waals surface area contributed by atoms with E-state index in [0.717, 1.165) is 64.1 Å². The van der Waals surface area contributed by atoms with Gasteiger partial charge in [-0.15, -0.1) is 0 Å². The van der Waals surface area contributed by atoms with Gasteiger partial charge in [0, 0.05) is 26.2 Å². The summed E-state index contributed by atoms with van der Waals surface area (Å²) >= 11 is 0. The SMILES string of the molecule is O=C(CC1(O)CCCC1)NCc1ccccc1CN1CCOCC1. The molecule has 1 aromatic rings. The molecule has 0 atom stereocenters. The molecule has 0 unspecified atom stereocenters. The molecule has 5 nitrogen and oxygen atoms in total. The van der Waals surface area contributed by atoms with Crippen LogP contribution in [0, 0.1) is 0 Å². The van der Waals surface area contributed by atoms with Gasteiger partial charge < -0.3 is 15.2 Å². The Balaban J connectivity index is 1.53. The number of carbonyl (C=O) groups is 1. The second-order valence-electron chi connectivity index (χ2n) is 7.04. The monoisotopic (exact) mass is 332 g/mol. The zero-order chi connectivity index (χ0) is 16.8. The fourth-order valence-corrected chi connectivity index (χ4v) is 3.65. The number of hydrogen-bond donors (Lipinski definition) is 2. The first-order chi connectivity index (χ1) is 11.6. The third-order valence-electron chi connectivity index (χ3n) is 5.12. The van der Waals surface area contributed by atoms with E-state index in [1.165, 1.54) is 5.56 Å². The van der Waals surface area contributed by atoms with Crippen LogP contribution < -0.4 is 5.32 Å². The number of amides is 1. The number of carbonyl (C=O) groups excluding carboxylic acids is 1. The molecule has 1 aliphatic heterocycles. The summed E-state index contributed by atoms with van der Waals surface area (Å²) in [4.78, 5) is 14.6. The van der Waals surface area contributed by atoms with Crippen LogP contribution in [0.2, 0.25) is 0 Å². The molecule has 1 aromatic carbocycles. The van der Waals surface area contributed by atoms with Crippen molar-refractivity contribution in [1.29, 1.82) is 0 Å². The first kappa shape index (κ1) is 17.4. The minimum atomic E-state index is -0.780. The Morgan fingerprint density at radius 2 is 1.83 bits per heavy atom. The zero-order valence-electron chi connectivity index (χ0n) is 14.3. The molecule has 24 heavy (non-hydrogen) atoms. The zero-order valence-corrected chi connectivity index (χ0v) is 14.3. The average Bonchev–Trinajstić information content (AvgIpc) is 3.01. The predicted octanol–water partition coefficient (Wildman–Crippen LogP) is 1.83. The van der Waals surface area contributed by atoms with Crippen LogP contribution in [0.25, 0.3) is 0 Å². The van der Waals surface area contributed by atoms with E-state index < -0.39 is 5.60 Å². The molecule has 1 aliphatic carbocycles. The number of morpholine rings is 1. The third-order valence-corrected chi connectivity index (χ3v) is 5.12. The molecule has 2 aliphatic rings. The Bertz CT molecular complexity index is 549. The van der Waals surface area contributed by atoms with Crippen molar-refractivity contribution in [3.05, 3.63) is 35.4 Å². The maximum atomic E-state index is 12.2. The van der Waals surface area contributed by atoms with Crippen LogP contribution in [0.5, 0.6) is 0 Å². The van der Waals surface area contributed by atoms with E-state index in [1.54, 1.807) is 0 Å². The fraction of sp³-hybridized carbons (Fsp3) is 0.632. The Labute approximate surface area is 144 Å². The molecule has 0 aromatic heterocycles. The van der Waals surface area contributed by atoms with Crippen LogP contribution in [0.4, 0.5) is 0 Å². The van der Waals surface area contributed by atoms with Crippen molar-refractivity contribution >= 4 is 5.91 Å². The largest absolute Gasteiger partial charge is 0.389 e. The molecule has 2 fully saturated rings. The first-order valence-electron chi connectivity index (χ1n) is 9.01. The van der Waals surface area contributed by atoms with Gasteiger partial charge in [-0.1, -0.05) is 37.1 Å². The van der Waals surface area contributed by atoms with Crippen molar-refractivity contribution in [3.63, 3.8) is 0 Å². The van der Waals surface area contributed by atoms with E-state index in [9.17, 15) is 9.90 Å². The summed E-state index contributed by atoms with van der Waals surface area (Å²) in [5, 5.41) is 13.3. The fourth-order valence-electron chi connectivity index (χ4n) is 3.65. The Hall–Kier alpha value is -1.43. The van der Waals surface area contributed by atoms with Gasteiger partial charge in [0.05, 0.1) is 25.2 Å². The first-order valence-corrected chi connectivity index (χ1v) is 9.01. The van der Waals surface area contributed by atoms with Gasteiger partial charge in [0.15, 0.2) is 0 Å². The van der Waals surface area contributed by atoms with E-state index in [-0.39, 0.29) is 12.3 Å². The number of hydrogen-bond acceptors (Lipinski definition) is 4. The minimum absolute atomic E-state index is 0.0550. The highest BCUT2D eigenvalue weighted by Gasteiger charge is 2.33. The summed E-state index contributed by atoms with van der Waals surface area (Å²) in [5.41, 5.74) is 1.62. The number of aliphatic hydroxyl groups is 1. The molecule has 0 radical (unpaired) electrons. The van der Waals surface area contributed by atoms with Crippen LogP contribution in [0.1, 0.15) is 43.2 Å². The molecule has 0 spiro atoms. The quantitative estimate of drug-likeness (QED) is 0.834. The van der Waals surface area contributed by atoms with Crippen molar-refractivity contribution < 1.29 is 14.6 Å². The van der Waals surface area contributed by atoms with Crippen LogP contribution in [-0.2, 0) is 22.6 Å². The highest BCUT2D eigenvalue weighted by atomic mass is 16.5. The van der Waals surface area contributed by atoms with Gasteiger partial charge >= 0.3 is 0 Å². The van der Waals surface area contributed by atoms with E-state index in [4.69, 9.17) is 4.74 Å². The van der Waals surface area contributed by atoms with Gasteiger partial charge in [-0.05, 0) is 24.0 Å². The highest BCUT2D eigenvalue weighted by molar-refractivity contribution is 5.77. The van der Waals surface area contributed by atoms with Crippen LogP contribution in [0.3, 0.4) is 0 Å². The van der Waals surface area contributed by atoms with Crippen LogP contribution >= 0.6 is 0 Å². The Morgan fingerprint density at radius 3 is 2.54 bits per heavy atom. The Kier molecular flexibility index (Phi) is 5.87. The lowest BCUT2D eigenvalue weighted by molar-refractivity contribution is -0.126. The van der Waals surface area contributed by atoms with Gasteiger partial charge in [-0.3, -0.25) is 9.69 Å². The lowest BCUT2D eigenvalue weighted by atomic mass is 9.97. The second-order valence-corrected chi connectivity index (χ2v) is 7.04. The smallest absolute Gasteiger partial charge is 0.223 e. The lowest BCUT2D eigenvalue weighted by Crippen LogP contribution is -2.36. The lowest BCUT2D eigenvalue weighted by Gasteiger charge is -2.27. The number of nitrogens with zero attached hydrogens (tertiary/aromatic N) is 1. The number of nitrogens with one attached hydrogen (secondary N) is 1. The maximum Gasteiger partial charge on any atom is 0.223 e. The number of benzene rings is 1. The molecule has 3 rings (SSSR count). The number of rotatable bonds is 6. The molecule has 0 bridgehead atoms. The van der Waals surface area contributed by atoms with Gasteiger partial charge in [0.25, 0.3) is 0 Å². The van der Waals surface area contributed by atoms with Crippen molar-refractivity contribution in [3.8, 4) is 0 Å². The second kappa shape index (κ2) is 8.10. The van der Waals surface area contributed by atoms with Crippen molar-refractivity contribution in [2.24, 2.45) is 0 Å². The van der Waals surface area contributed by atoms with Gasteiger partial charge in [0.2, 0.25) is 5.91 Å². The number of ether oxygens (including phenoxy) is 1. The van der Waals surface area contributed by atoms with Gasteiger partial charge in [0.1, 0.15) is 0 Å². The van der Waals surface area contributed by atoms with E-state index in [1.807, 2.05) is 12.1 Å². The van der Waals surface area contributed by atoms with Crippen molar-refractivity contribution in [2.75, 3.05) is 26.3 Å². The molecule has 132 valence electrons. The van der Waals surface area contributed by atoms with Crippen molar-refractivity contribution in [2.45, 2.75) is 50.8 Å². The van der Waals surface area contributed by atoms with Crippen LogP contribution in [0.15, 0.2) is 24.3 Å². The van der Waals surface area contributed by atoms with E-state index in [0.29, 0.717) is 6.54 Å². The van der Waals surface area contributed by atoms with E-state index in [2.05, 4.69) is 22.3 Å². The van der Waals surface area contributed by atoms with Gasteiger partial charge in [-0.2, -0.15) is 0 Å². The summed E-state index contributed by atoms with van der Waals surface area (Å²) in [6.07, 6.45) is 3.75. The summed E-state index contributed by atoms with van der Waals surface area (Å²) in [7, 11) is 0. The average molecular weight is 332 g/mol. The Morgan fingerprint density at radius 1 is 1.17 bits per heavy atom. The molecule has 1 saturated carbocycles. The summed E-state index contributed by atoms with van der Waals surface area (Å²) in [5.74, 6) is -0.0550. The van der Waals surface area contributed by atoms with Crippen LogP contribution in [-0.4, -0.2) is 47.8 Å². The maximum absolute atomic E-state index is 12.2. The van der Waals surface area contributed by atoms with E-state index >= 15 is 0 Å².